The predicted molar refractivity (Wildman–Crippen MR) is 79.6 cm³/mol. The van der Waals surface area contributed by atoms with E-state index in [-0.39, 0.29) is 0 Å². The van der Waals surface area contributed by atoms with E-state index >= 15 is 0 Å². The summed E-state index contributed by atoms with van der Waals surface area (Å²) in [4.78, 5) is 2.57. The van der Waals surface area contributed by atoms with Crippen LogP contribution in [0.15, 0.2) is 0 Å². The van der Waals surface area contributed by atoms with Crippen LogP contribution in [0.2, 0.25) is 0 Å². The Balaban J connectivity index is 2.46. The molecule has 1 saturated carbocycles. The fraction of sp³-hybridized carbons (Fsp3) is 1.00. The normalized spacial score (nSPS) is 25.1. The van der Waals surface area contributed by atoms with Crippen molar-refractivity contribution >= 4 is 0 Å². The molecule has 0 saturated heterocycles. The molecule has 1 rings (SSSR count). The maximum absolute atomic E-state index is 5.32. The zero-order valence-corrected chi connectivity index (χ0v) is 13.2. The number of hydrogen-bond donors (Lipinski definition) is 1. The number of ether oxygens (including phenoxy) is 2. The lowest BCUT2D eigenvalue weighted by atomic mass is 10.1. The summed E-state index contributed by atoms with van der Waals surface area (Å²) in [5.41, 5.74) is 0. The summed E-state index contributed by atoms with van der Waals surface area (Å²) >= 11 is 0. The fourth-order valence-electron chi connectivity index (χ4n) is 3.09. The van der Waals surface area contributed by atoms with Crippen molar-refractivity contribution in [2.75, 3.05) is 40.5 Å². The highest BCUT2D eigenvalue weighted by Gasteiger charge is 2.31. The SMILES string of the molecule is CCCNC1CCC(N(CCOC)C(C)COC)C1. The van der Waals surface area contributed by atoms with Crippen molar-refractivity contribution in [2.45, 2.75) is 57.7 Å². The summed E-state index contributed by atoms with van der Waals surface area (Å²) in [5.74, 6) is 0. The molecule has 0 aromatic heterocycles. The fourth-order valence-corrected chi connectivity index (χ4v) is 3.09. The maximum atomic E-state index is 5.32. The summed E-state index contributed by atoms with van der Waals surface area (Å²) in [6.45, 7) is 8.23. The van der Waals surface area contributed by atoms with Gasteiger partial charge in [0.15, 0.2) is 0 Å². The van der Waals surface area contributed by atoms with E-state index in [1.807, 2.05) is 0 Å². The molecule has 1 aliphatic carbocycles. The quantitative estimate of drug-likeness (QED) is 0.658. The molecule has 0 bridgehead atoms. The molecule has 0 aromatic rings. The highest BCUT2D eigenvalue weighted by atomic mass is 16.5. The Morgan fingerprint density at radius 3 is 2.68 bits per heavy atom. The predicted octanol–water partition coefficient (Wildman–Crippen LogP) is 1.89. The van der Waals surface area contributed by atoms with Gasteiger partial charge in [0.05, 0.1) is 13.2 Å². The van der Waals surface area contributed by atoms with E-state index in [0.29, 0.717) is 18.1 Å². The number of methoxy groups -OCH3 is 2. The summed E-state index contributed by atoms with van der Waals surface area (Å²) in [6, 6.07) is 1.84. The molecule has 1 aliphatic rings. The van der Waals surface area contributed by atoms with Crippen molar-refractivity contribution in [2.24, 2.45) is 0 Å². The second-order valence-corrected chi connectivity index (χ2v) is 5.65. The van der Waals surface area contributed by atoms with E-state index in [2.05, 4.69) is 24.1 Å². The monoisotopic (exact) mass is 272 g/mol. The molecule has 1 N–H and O–H groups in total. The third kappa shape index (κ3) is 5.78. The molecule has 3 atom stereocenters. The third-order valence-corrected chi connectivity index (χ3v) is 4.08. The molecule has 0 aromatic carbocycles. The van der Waals surface area contributed by atoms with Crippen LogP contribution in [-0.2, 0) is 9.47 Å². The first-order chi connectivity index (χ1) is 9.22. The Kier molecular flexibility index (Phi) is 8.62. The molecule has 0 heterocycles. The van der Waals surface area contributed by atoms with Crippen LogP contribution in [0.4, 0.5) is 0 Å². The summed E-state index contributed by atoms with van der Waals surface area (Å²) in [7, 11) is 3.56. The molecular weight excluding hydrogens is 240 g/mol. The van der Waals surface area contributed by atoms with Gasteiger partial charge >= 0.3 is 0 Å². The second-order valence-electron chi connectivity index (χ2n) is 5.65. The van der Waals surface area contributed by atoms with E-state index in [1.165, 1.54) is 25.7 Å². The molecule has 1 fully saturated rings. The van der Waals surface area contributed by atoms with Crippen LogP contribution < -0.4 is 5.32 Å². The summed E-state index contributed by atoms with van der Waals surface area (Å²) in [6.07, 6.45) is 5.07. The van der Waals surface area contributed by atoms with Gasteiger partial charge in [-0.25, -0.2) is 0 Å². The van der Waals surface area contributed by atoms with Crippen LogP contribution in [0.5, 0.6) is 0 Å². The molecule has 19 heavy (non-hydrogen) atoms. The van der Waals surface area contributed by atoms with Crippen molar-refractivity contribution in [3.05, 3.63) is 0 Å². The molecule has 114 valence electrons. The molecule has 0 aliphatic heterocycles. The number of rotatable bonds is 10. The van der Waals surface area contributed by atoms with Crippen molar-refractivity contribution in [3.63, 3.8) is 0 Å². The van der Waals surface area contributed by atoms with Gasteiger partial charge in [-0.1, -0.05) is 6.92 Å². The van der Waals surface area contributed by atoms with E-state index in [0.717, 1.165) is 26.3 Å². The Hall–Kier alpha value is -0.160. The van der Waals surface area contributed by atoms with Crippen LogP contribution in [0.25, 0.3) is 0 Å². The van der Waals surface area contributed by atoms with Crippen molar-refractivity contribution in [1.82, 2.24) is 10.2 Å². The van der Waals surface area contributed by atoms with Gasteiger partial charge in [-0.15, -0.1) is 0 Å². The maximum Gasteiger partial charge on any atom is 0.0615 e. The molecular formula is C15H32N2O2. The summed E-state index contributed by atoms with van der Waals surface area (Å²) < 4.78 is 10.6. The number of nitrogens with one attached hydrogen (secondary N) is 1. The highest BCUT2D eigenvalue weighted by molar-refractivity contribution is 4.88. The molecule has 4 nitrogen and oxygen atoms in total. The van der Waals surface area contributed by atoms with E-state index < -0.39 is 0 Å². The highest BCUT2D eigenvalue weighted by Crippen LogP contribution is 2.25. The Labute approximate surface area is 118 Å². The lowest BCUT2D eigenvalue weighted by molar-refractivity contribution is 0.0480. The van der Waals surface area contributed by atoms with E-state index in [4.69, 9.17) is 9.47 Å². The van der Waals surface area contributed by atoms with Gasteiger partial charge in [-0.05, 0) is 39.2 Å². The van der Waals surface area contributed by atoms with Crippen molar-refractivity contribution in [1.29, 1.82) is 0 Å². The van der Waals surface area contributed by atoms with Crippen molar-refractivity contribution in [3.8, 4) is 0 Å². The first-order valence-electron chi connectivity index (χ1n) is 7.69. The minimum atomic E-state index is 0.468. The molecule has 0 radical (unpaired) electrons. The topological polar surface area (TPSA) is 33.7 Å². The average molecular weight is 272 g/mol. The van der Waals surface area contributed by atoms with Crippen molar-refractivity contribution < 1.29 is 9.47 Å². The van der Waals surface area contributed by atoms with Crippen LogP contribution >= 0.6 is 0 Å². The van der Waals surface area contributed by atoms with Crippen LogP contribution in [0, 0.1) is 0 Å². The van der Waals surface area contributed by atoms with Gasteiger partial charge in [0.1, 0.15) is 0 Å². The minimum absolute atomic E-state index is 0.468. The largest absolute Gasteiger partial charge is 0.383 e. The van der Waals surface area contributed by atoms with E-state index in [9.17, 15) is 0 Å². The first kappa shape index (κ1) is 16.9. The van der Waals surface area contributed by atoms with Crippen LogP contribution in [-0.4, -0.2) is 63.5 Å². The number of hydrogen-bond acceptors (Lipinski definition) is 4. The van der Waals surface area contributed by atoms with Gasteiger partial charge in [0, 0.05) is 38.9 Å². The van der Waals surface area contributed by atoms with Crippen LogP contribution in [0.3, 0.4) is 0 Å². The van der Waals surface area contributed by atoms with Gasteiger partial charge in [0.25, 0.3) is 0 Å². The second kappa shape index (κ2) is 9.70. The first-order valence-corrected chi connectivity index (χ1v) is 7.69. The molecule has 0 spiro atoms. The van der Waals surface area contributed by atoms with E-state index in [1.54, 1.807) is 14.2 Å². The summed E-state index contributed by atoms with van der Waals surface area (Å²) in [5, 5.41) is 3.65. The Morgan fingerprint density at radius 1 is 1.26 bits per heavy atom. The smallest absolute Gasteiger partial charge is 0.0615 e. The zero-order chi connectivity index (χ0) is 14.1. The van der Waals surface area contributed by atoms with Gasteiger partial charge in [-0.2, -0.15) is 0 Å². The minimum Gasteiger partial charge on any atom is -0.383 e. The molecule has 3 unspecified atom stereocenters. The molecule has 4 heteroatoms. The zero-order valence-electron chi connectivity index (χ0n) is 13.2. The van der Waals surface area contributed by atoms with Crippen LogP contribution in [0.1, 0.15) is 39.5 Å². The lowest BCUT2D eigenvalue weighted by Gasteiger charge is -2.34. The standard InChI is InChI=1S/C15H32N2O2/c1-5-8-16-14-6-7-15(11-14)17(9-10-18-3)13(2)12-19-4/h13-16H,5-12H2,1-4H3. The van der Waals surface area contributed by atoms with Gasteiger partial charge < -0.3 is 14.8 Å². The lowest BCUT2D eigenvalue weighted by Crippen LogP contribution is -2.45. The third-order valence-electron chi connectivity index (χ3n) is 4.08. The van der Waals surface area contributed by atoms with Gasteiger partial charge in [-0.3, -0.25) is 4.90 Å². The Morgan fingerprint density at radius 2 is 2.05 bits per heavy atom. The average Bonchev–Trinajstić information content (AvgIpc) is 2.86. The Bertz CT molecular complexity index is 226. The van der Waals surface area contributed by atoms with Gasteiger partial charge in [0.2, 0.25) is 0 Å². The molecule has 0 amide bonds. The number of nitrogens with zero attached hydrogens (tertiary/aromatic N) is 1.